The molecule has 3 heteroatoms. The Bertz CT molecular complexity index is 593. The van der Waals surface area contributed by atoms with Gasteiger partial charge in [-0.15, -0.1) is 0 Å². The van der Waals surface area contributed by atoms with Gasteiger partial charge in [-0.05, 0) is 43.0 Å². The summed E-state index contributed by atoms with van der Waals surface area (Å²) in [7, 11) is 0. The van der Waals surface area contributed by atoms with Crippen molar-refractivity contribution >= 4 is 0 Å². The van der Waals surface area contributed by atoms with Gasteiger partial charge in [0, 0.05) is 12.2 Å². The Hall–Kier alpha value is -1.68. The third kappa shape index (κ3) is 3.95. The van der Waals surface area contributed by atoms with Gasteiger partial charge >= 0.3 is 0 Å². The van der Waals surface area contributed by atoms with Crippen LogP contribution in [-0.2, 0) is 9.47 Å². The molecule has 1 unspecified atom stereocenters. The van der Waals surface area contributed by atoms with Crippen LogP contribution in [-0.4, -0.2) is 24.9 Å². The lowest BCUT2D eigenvalue weighted by Crippen LogP contribution is -2.11. The minimum atomic E-state index is -0.927. The number of aliphatic hydroxyl groups is 1. The Labute approximate surface area is 132 Å². The summed E-state index contributed by atoms with van der Waals surface area (Å²) in [5.41, 5.74) is 5.36. The van der Waals surface area contributed by atoms with Gasteiger partial charge in [-0.1, -0.05) is 42.5 Å². The van der Waals surface area contributed by atoms with Crippen LogP contribution in [0.25, 0.3) is 11.1 Å². The highest BCUT2D eigenvalue weighted by atomic mass is 16.6. The summed E-state index contributed by atoms with van der Waals surface area (Å²) in [6.45, 7) is 7.57. The normalized spacial score (nSPS) is 12.4. The van der Waals surface area contributed by atoms with E-state index in [0.717, 1.165) is 22.3 Å². The maximum atomic E-state index is 10.3. The summed E-state index contributed by atoms with van der Waals surface area (Å²) < 4.78 is 10.7. The van der Waals surface area contributed by atoms with Crippen LogP contribution < -0.4 is 0 Å². The summed E-state index contributed by atoms with van der Waals surface area (Å²) >= 11 is 0. The Balaban J connectivity index is 2.23. The van der Waals surface area contributed by atoms with Gasteiger partial charge in [0.15, 0.2) is 6.29 Å². The highest BCUT2D eigenvalue weighted by Crippen LogP contribution is 2.32. The third-order valence-corrected chi connectivity index (χ3v) is 3.75. The number of hydrogen-bond acceptors (Lipinski definition) is 3. The predicted octanol–water partition coefficient (Wildman–Crippen LogP) is 4.01. The lowest BCUT2D eigenvalue weighted by atomic mass is 9.92. The molecule has 1 N–H and O–H groups in total. The minimum Gasteiger partial charge on any atom is -0.379 e. The topological polar surface area (TPSA) is 38.7 Å². The molecule has 0 aromatic heterocycles. The van der Waals surface area contributed by atoms with Crippen LogP contribution in [0.3, 0.4) is 0 Å². The lowest BCUT2D eigenvalue weighted by molar-refractivity contribution is -0.115. The first-order valence-electron chi connectivity index (χ1n) is 7.68. The summed E-state index contributed by atoms with van der Waals surface area (Å²) in [6.07, 6.45) is -0.927. The number of aliphatic hydroxyl groups excluding tert-OH is 1. The van der Waals surface area contributed by atoms with E-state index >= 15 is 0 Å². The molecule has 2 aromatic carbocycles. The van der Waals surface area contributed by atoms with Crippen molar-refractivity contribution in [3.63, 3.8) is 0 Å². The Kier molecular flexibility index (Phi) is 6.13. The van der Waals surface area contributed by atoms with E-state index in [4.69, 9.17) is 9.47 Å². The summed E-state index contributed by atoms with van der Waals surface area (Å²) in [6, 6.07) is 14.2. The number of aryl methyl sites for hydroxylation is 1. The molecule has 0 aliphatic carbocycles. The van der Waals surface area contributed by atoms with Gasteiger partial charge in [0.2, 0.25) is 0 Å². The second-order valence-corrected chi connectivity index (χ2v) is 5.26. The average Bonchev–Trinajstić information content (AvgIpc) is 2.52. The number of hydrogen-bond donors (Lipinski definition) is 1. The molecule has 0 amide bonds. The van der Waals surface area contributed by atoms with Crippen LogP contribution in [0.5, 0.6) is 0 Å². The molecule has 3 nitrogen and oxygen atoms in total. The molecule has 0 bridgehead atoms. The van der Waals surface area contributed by atoms with Crippen LogP contribution in [0.2, 0.25) is 0 Å². The van der Waals surface area contributed by atoms with E-state index in [2.05, 4.69) is 19.1 Å². The molecule has 22 heavy (non-hydrogen) atoms. The fourth-order valence-corrected chi connectivity index (χ4v) is 2.63. The number of ether oxygens (including phenoxy) is 2. The zero-order valence-corrected chi connectivity index (χ0v) is 13.5. The van der Waals surface area contributed by atoms with E-state index in [1.807, 2.05) is 44.2 Å². The minimum absolute atomic E-state index is 0.378. The highest BCUT2D eigenvalue weighted by molar-refractivity contribution is 5.72. The smallest absolute Gasteiger partial charge is 0.181 e. The fraction of sp³-hybridized carbons (Fsp3) is 0.368. The molecule has 2 aromatic rings. The second kappa shape index (κ2) is 8.08. The largest absolute Gasteiger partial charge is 0.379 e. The van der Waals surface area contributed by atoms with Crippen molar-refractivity contribution in [3.8, 4) is 11.1 Å². The zero-order chi connectivity index (χ0) is 15.9. The molecule has 0 aliphatic rings. The van der Waals surface area contributed by atoms with Crippen LogP contribution in [0, 0.1) is 13.8 Å². The van der Waals surface area contributed by atoms with E-state index in [1.165, 1.54) is 5.56 Å². The molecular formula is C19H24O3. The first-order chi connectivity index (χ1) is 10.6. The van der Waals surface area contributed by atoms with Crippen molar-refractivity contribution in [3.05, 3.63) is 59.2 Å². The van der Waals surface area contributed by atoms with Crippen molar-refractivity contribution in [2.75, 3.05) is 19.8 Å². The predicted molar refractivity (Wildman–Crippen MR) is 88.8 cm³/mol. The standard InChI is InChI=1S/C19H24O3/c1-4-21-12-13-22-19(20)17-11-10-14(2)18(15(17)3)16-8-6-5-7-9-16/h5-11,19-20H,4,12-13H2,1-3H3. The molecule has 1 atom stereocenters. The highest BCUT2D eigenvalue weighted by Gasteiger charge is 2.15. The monoisotopic (exact) mass is 300 g/mol. The second-order valence-electron chi connectivity index (χ2n) is 5.26. The molecule has 0 heterocycles. The Morgan fingerprint density at radius 3 is 2.41 bits per heavy atom. The first kappa shape index (κ1) is 16.7. The van der Waals surface area contributed by atoms with E-state index < -0.39 is 6.29 Å². The Morgan fingerprint density at radius 2 is 1.73 bits per heavy atom. The van der Waals surface area contributed by atoms with E-state index in [9.17, 15) is 5.11 Å². The summed E-state index contributed by atoms with van der Waals surface area (Å²) in [5, 5.41) is 10.3. The SMILES string of the molecule is CCOCCOC(O)c1ccc(C)c(-c2ccccc2)c1C. The summed E-state index contributed by atoms with van der Waals surface area (Å²) in [4.78, 5) is 0. The van der Waals surface area contributed by atoms with E-state index in [1.54, 1.807) is 0 Å². The van der Waals surface area contributed by atoms with Crippen LogP contribution in [0.15, 0.2) is 42.5 Å². The maximum Gasteiger partial charge on any atom is 0.181 e. The van der Waals surface area contributed by atoms with Crippen molar-refractivity contribution in [2.24, 2.45) is 0 Å². The van der Waals surface area contributed by atoms with Crippen molar-refractivity contribution in [1.82, 2.24) is 0 Å². The number of benzene rings is 2. The number of rotatable bonds is 7. The van der Waals surface area contributed by atoms with Gasteiger partial charge in [-0.2, -0.15) is 0 Å². The zero-order valence-electron chi connectivity index (χ0n) is 13.5. The molecule has 0 aliphatic heterocycles. The summed E-state index contributed by atoms with van der Waals surface area (Å²) in [5.74, 6) is 0. The van der Waals surface area contributed by atoms with E-state index in [-0.39, 0.29) is 0 Å². The molecule has 0 radical (unpaired) electrons. The van der Waals surface area contributed by atoms with Crippen LogP contribution in [0.4, 0.5) is 0 Å². The van der Waals surface area contributed by atoms with Crippen LogP contribution in [0.1, 0.15) is 29.9 Å². The van der Waals surface area contributed by atoms with Crippen molar-refractivity contribution in [1.29, 1.82) is 0 Å². The van der Waals surface area contributed by atoms with Gasteiger partial charge in [0.25, 0.3) is 0 Å². The van der Waals surface area contributed by atoms with Crippen molar-refractivity contribution < 1.29 is 14.6 Å². The third-order valence-electron chi connectivity index (χ3n) is 3.75. The molecule has 0 fully saturated rings. The van der Waals surface area contributed by atoms with Gasteiger partial charge < -0.3 is 14.6 Å². The molecule has 2 rings (SSSR count). The molecule has 0 saturated heterocycles. The molecule has 0 spiro atoms. The fourth-order valence-electron chi connectivity index (χ4n) is 2.63. The Morgan fingerprint density at radius 1 is 1.00 bits per heavy atom. The quantitative estimate of drug-likeness (QED) is 0.620. The van der Waals surface area contributed by atoms with E-state index in [0.29, 0.717) is 19.8 Å². The van der Waals surface area contributed by atoms with Gasteiger partial charge in [-0.25, -0.2) is 0 Å². The average molecular weight is 300 g/mol. The van der Waals surface area contributed by atoms with Gasteiger partial charge in [-0.3, -0.25) is 0 Å². The lowest BCUT2D eigenvalue weighted by Gasteiger charge is -2.19. The molecule has 118 valence electrons. The van der Waals surface area contributed by atoms with Crippen LogP contribution >= 0.6 is 0 Å². The molecule has 0 saturated carbocycles. The maximum absolute atomic E-state index is 10.3. The van der Waals surface area contributed by atoms with Gasteiger partial charge in [0.1, 0.15) is 0 Å². The molecular weight excluding hydrogens is 276 g/mol. The van der Waals surface area contributed by atoms with Crippen molar-refractivity contribution in [2.45, 2.75) is 27.1 Å². The first-order valence-corrected chi connectivity index (χ1v) is 7.68. The van der Waals surface area contributed by atoms with Gasteiger partial charge in [0.05, 0.1) is 13.2 Å².